The SMILES string of the molecule is CCc1nn(C)c(NC2C(C)(C)C2(C)C)c1[N+](=O)[O-]. The summed E-state index contributed by atoms with van der Waals surface area (Å²) in [6, 6.07) is 0.221. The number of nitrogens with one attached hydrogen (secondary N) is 1. The third-order valence-electron chi connectivity index (χ3n) is 4.91. The zero-order valence-electron chi connectivity index (χ0n) is 12.4. The van der Waals surface area contributed by atoms with Gasteiger partial charge in [0.1, 0.15) is 5.69 Å². The van der Waals surface area contributed by atoms with Crippen LogP contribution < -0.4 is 5.32 Å². The molecule has 0 unspecified atom stereocenters. The van der Waals surface area contributed by atoms with Gasteiger partial charge >= 0.3 is 5.69 Å². The maximum atomic E-state index is 11.3. The van der Waals surface area contributed by atoms with Crippen molar-refractivity contribution in [3.8, 4) is 0 Å². The number of anilines is 1. The second-order valence-corrected chi connectivity index (χ2v) is 6.40. The number of hydrogen-bond donors (Lipinski definition) is 1. The van der Waals surface area contributed by atoms with Crippen LogP contribution in [0, 0.1) is 20.9 Å². The van der Waals surface area contributed by atoms with Gasteiger partial charge in [-0.2, -0.15) is 5.10 Å². The second-order valence-electron chi connectivity index (χ2n) is 6.40. The lowest BCUT2D eigenvalue weighted by Crippen LogP contribution is -2.14. The molecule has 0 saturated heterocycles. The number of nitrogens with zero attached hydrogens (tertiary/aromatic N) is 3. The Morgan fingerprint density at radius 1 is 1.37 bits per heavy atom. The lowest BCUT2D eigenvalue weighted by atomic mass is 10.0. The Morgan fingerprint density at radius 2 is 1.89 bits per heavy atom. The van der Waals surface area contributed by atoms with E-state index in [4.69, 9.17) is 0 Å². The zero-order valence-corrected chi connectivity index (χ0v) is 12.4. The molecule has 1 fully saturated rings. The lowest BCUT2D eigenvalue weighted by Gasteiger charge is -2.07. The van der Waals surface area contributed by atoms with Crippen molar-refractivity contribution < 1.29 is 4.92 Å². The Hall–Kier alpha value is -1.59. The molecule has 0 spiro atoms. The molecule has 1 aliphatic rings. The van der Waals surface area contributed by atoms with E-state index in [0.29, 0.717) is 17.9 Å². The number of aromatic nitrogens is 2. The van der Waals surface area contributed by atoms with Crippen LogP contribution in [0.25, 0.3) is 0 Å². The van der Waals surface area contributed by atoms with Gasteiger partial charge in [-0.1, -0.05) is 34.6 Å². The summed E-state index contributed by atoms with van der Waals surface area (Å²) in [5.41, 5.74) is 0.893. The summed E-state index contributed by atoms with van der Waals surface area (Å²) in [6.45, 7) is 10.6. The van der Waals surface area contributed by atoms with Gasteiger partial charge in [-0.3, -0.25) is 10.1 Å². The molecule has 1 saturated carbocycles. The third-order valence-corrected chi connectivity index (χ3v) is 4.91. The first-order valence-electron chi connectivity index (χ1n) is 6.61. The van der Waals surface area contributed by atoms with Crippen LogP contribution in [-0.2, 0) is 13.5 Å². The Kier molecular flexibility index (Phi) is 2.88. The molecule has 0 bridgehead atoms. The Bertz CT molecular complexity index is 517. The van der Waals surface area contributed by atoms with Crippen LogP contribution in [0.3, 0.4) is 0 Å². The molecule has 2 rings (SSSR count). The molecule has 106 valence electrons. The van der Waals surface area contributed by atoms with E-state index >= 15 is 0 Å². The summed E-state index contributed by atoms with van der Waals surface area (Å²) >= 11 is 0. The minimum absolute atomic E-state index is 0.114. The first-order valence-corrected chi connectivity index (χ1v) is 6.61. The van der Waals surface area contributed by atoms with Crippen molar-refractivity contribution in [2.24, 2.45) is 17.9 Å². The molecule has 6 heteroatoms. The summed E-state index contributed by atoms with van der Waals surface area (Å²) in [6.07, 6.45) is 0.559. The van der Waals surface area contributed by atoms with E-state index in [1.54, 1.807) is 11.7 Å². The van der Waals surface area contributed by atoms with Crippen LogP contribution in [-0.4, -0.2) is 20.7 Å². The molecule has 1 heterocycles. The van der Waals surface area contributed by atoms with Crippen molar-refractivity contribution in [3.63, 3.8) is 0 Å². The molecule has 1 aromatic heterocycles. The standard InChI is InChI=1S/C13H22N4O2/c1-7-8-9(17(18)19)10(16(6)15-8)14-11-12(2,3)13(11,4)5/h11,14H,7H2,1-6H3. The fourth-order valence-corrected chi connectivity index (χ4v) is 2.85. The van der Waals surface area contributed by atoms with E-state index in [2.05, 4.69) is 38.1 Å². The van der Waals surface area contributed by atoms with E-state index in [9.17, 15) is 10.1 Å². The minimum atomic E-state index is -0.337. The number of nitro groups is 1. The number of aryl methyl sites for hydroxylation is 2. The van der Waals surface area contributed by atoms with Crippen LogP contribution in [0.4, 0.5) is 11.5 Å². The molecular formula is C13H22N4O2. The maximum absolute atomic E-state index is 11.3. The van der Waals surface area contributed by atoms with Gasteiger partial charge < -0.3 is 5.32 Å². The number of hydrogen-bond acceptors (Lipinski definition) is 4. The zero-order chi connectivity index (χ0) is 14.6. The smallest absolute Gasteiger partial charge is 0.333 e. The molecule has 19 heavy (non-hydrogen) atoms. The van der Waals surface area contributed by atoms with Gasteiger partial charge in [0.25, 0.3) is 0 Å². The largest absolute Gasteiger partial charge is 0.361 e. The molecule has 0 amide bonds. The summed E-state index contributed by atoms with van der Waals surface area (Å²) in [7, 11) is 1.75. The molecule has 1 aromatic rings. The summed E-state index contributed by atoms with van der Waals surface area (Å²) in [4.78, 5) is 10.9. The van der Waals surface area contributed by atoms with E-state index in [1.165, 1.54) is 0 Å². The van der Waals surface area contributed by atoms with Crippen LogP contribution in [0.1, 0.15) is 40.3 Å². The van der Waals surface area contributed by atoms with Gasteiger partial charge in [0.2, 0.25) is 5.82 Å². The van der Waals surface area contributed by atoms with Crippen molar-refractivity contribution in [3.05, 3.63) is 15.8 Å². The molecule has 1 aliphatic carbocycles. The highest BCUT2D eigenvalue weighted by Crippen LogP contribution is 2.64. The van der Waals surface area contributed by atoms with E-state index in [1.807, 2.05) is 6.92 Å². The quantitative estimate of drug-likeness (QED) is 0.671. The molecule has 6 nitrogen and oxygen atoms in total. The van der Waals surface area contributed by atoms with Crippen molar-refractivity contribution in [2.45, 2.75) is 47.1 Å². The first kappa shape index (κ1) is 13.8. The van der Waals surface area contributed by atoms with Gasteiger partial charge in [0.05, 0.1) is 4.92 Å². The van der Waals surface area contributed by atoms with E-state index in [0.717, 1.165) is 0 Å². The fraction of sp³-hybridized carbons (Fsp3) is 0.769. The lowest BCUT2D eigenvalue weighted by molar-refractivity contribution is -0.384. The van der Waals surface area contributed by atoms with Gasteiger partial charge in [-0.05, 0) is 17.3 Å². The monoisotopic (exact) mass is 266 g/mol. The highest BCUT2D eigenvalue weighted by atomic mass is 16.6. The van der Waals surface area contributed by atoms with Gasteiger partial charge in [0.15, 0.2) is 0 Å². The molecule has 0 aliphatic heterocycles. The average Bonchev–Trinajstić information content (AvgIpc) is 2.59. The van der Waals surface area contributed by atoms with Gasteiger partial charge in [0, 0.05) is 13.1 Å². The molecular weight excluding hydrogens is 244 g/mol. The normalized spacial score (nSPS) is 20.3. The van der Waals surface area contributed by atoms with Crippen LogP contribution in [0.15, 0.2) is 0 Å². The molecule has 0 radical (unpaired) electrons. The predicted molar refractivity (Wildman–Crippen MR) is 74.2 cm³/mol. The predicted octanol–water partition coefficient (Wildman–Crippen LogP) is 2.74. The second kappa shape index (κ2) is 3.95. The highest BCUT2D eigenvalue weighted by Gasteiger charge is 2.65. The topological polar surface area (TPSA) is 73.0 Å². The Balaban J connectivity index is 2.37. The van der Waals surface area contributed by atoms with Crippen molar-refractivity contribution in [1.82, 2.24) is 9.78 Å². The van der Waals surface area contributed by atoms with E-state index in [-0.39, 0.29) is 27.5 Å². The van der Waals surface area contributed by atoms with Crippen LogP contribution in [0.2, 0.25) is 0 Å². The summed E-state index contributed by atoms with van der Waals surface area (Å²) in [5, 5.41) is 18.8. The van der Waals surface area contributed by atoms with Crippen molar-refractivity contribution in [1.29, 1.82) is 0 Å². The minimum Gasteiger partial charge on any atom is -0.361 e. The molecule has 0 aromatic carbocycles. The Morgan fingerprint density at radius 3 is 2.26 bits per heavy atom. The first-order chi connectivity index (χ1) is 8.64. The highest BCUT2D eigenvalue weighted by molar-refractivity contribution is 5.61. The van der Waals surface area contributed by atoms with Crippen LogP contribution >= 0.6 is 0 Å². The molecule has 0 atom stereocenters. The fourth-order valence-electron chi connectivity index (χ4n) is 2.85. The number of rotatable bonds is 4. The van der Waals surface area contributed by atoms with Gasteiger partial charge in [-0.25, -0.2) is 4.68 Å². The van der Waals surface area contributed by atoms with Crippen molar-refractivity contribution in [2.75, 3.05) is 5.32 Å². The van der Waals surface area contributed by atoms with E-state index < -0.39 is 0 Å². The van der Waals surface area contributed by atoms with Crippen LogP contribution in [0.5, 0.6) is 0 Å². The maximum Gasteiger partial charge on any atom is 0.333 e. The van der Waals surface area contributed by atoms with Crippen molar-refractivity contribution >= 4 is 11.5 Å². The Labute approximate surface area is 113 Å². The molecule has 1 N–H and O–H groups in total. The summed E-state index contributed by atoms with van der Waals surface area (Å²) in [5.74, 6) is 0.519. The van der Waals surface area contributed by atoms with Gasteiger partial charge in [-0.15, -0.1) is 0 Å². The third kappa shape index (κ3) is 1.81. The average molecular weight is 266 g/mol. The summed E-state index contributed by atoms with van der Waals surface area (Å²) < 4.78 is 1.58.